The molecule has 0 aliphatic carbocycles. The molecular formula is C16H11N3O4S. The summed E-state index contributed by atoms with van der Waals surface area (Å²) in [6.07, 6.45) is 1.57. The molecule has 24 heavy (non-hydrogen) atoms. The van der Waals surface area contributed by atoms with Gasteiger partial charge in [0.15, 0.2) is 5.75 Å². The molecule has 0 aliphatic heterocycles. The summed E-state index contributed by atoms with van der Waals surface area (Å²) in [6.45, 7) is 0. The highest BCUT2D eigenvalue weighted by molar-refractivity contribution is 7.87. The third-order valence-corrected chi connectivity index (χ3v) is 4.80. The highest BCUT2D eigenvalue weighted by atomic mass is 32.2. The molecule has 2 aromatic carbocycles. The minimum Gasteiger partial charge on any atom is -0.377 e. The second-order valence-electron chi connectivity index (χ2n) is 5.16. The smallest absolute Gasteiger partial charge is 0.339 e. The Hall–Kier alpha value is -3.13. The second-order valence-corrected chi connectivity index (χ2v) is 6.70. The molecule has 8 heteroatoms. The Labute approximate surface area is 136 Å². The highest BCUT2D eigenvalue weighted by Crippen LogP contribution is 2.27. The molecule has 0 fully saturated rings. The topological polar surface area (TPSA) is 105 Å². The van der Waals surface area contributed by atoms with Crippen molar-refractivity contribution in [2.24, 2.45) is 0 Å². The Morgan fingerprint density at radius 2 is 1.75 bits per heavy atom. The van der Waals surface area contributed by atoms with Gasteiger partial charge in [-0.15, -0.1) is 0 Å². The summed E-state index contributed by atoms with van der Waals surface area (Å²) in [7, 11) is -4.06. The van der Waals surface area contributed by atoms with E-state index in [1.165, 1.54) is 18.2 Å². The van der Waals surface area contributed by atoms with E-state index in [0.717, 1.165) is 5.39 Å². The van der Waals surface area contributed by atoms with Crippen molar-refractivity contribution in [3.05, 3.63) is 65.2 Å². The third kappa shape index (κ3) is 2.42. The lowest BCUT2D eigenvalue weighted by Crippen LogP contribution is -2.10. The molecule has 0 amide bonds. The van der Waals surface area contributed by atoms with Crippen LogP contribution in [0.1, 0.15) is 0 Å². The Balaban J connectivity index is 1.80. The number of rotatable bonds is 3. The average molecular weight is 341 g/mol. The van der Waals surface area contributed by atoms with Crippen LogP contribution in [0, 0.1) is 0 Å². The van der Waals surface area contributed by atoms with Crippen molar-refractivity contribution in [1.82, 2.24) is 15.0 Å². The van der Waals surface area contributed by atoms with Crippen LogP contribution in [0.5, 0.6) is 5.75 Å². The molecule has 7 nitrogen and oxygen atoms in total. The van der Waals surface area contributed by atoms with E-state index in [1.54, 1.807) is 24.4 Å². The molecule has 2 aromatic heterocycles. The summed E-state index contributed by atoms with van der Waals surface area (Å²) in [5.74, 6) is 0.149. The Morgan fingerprint density at radius 1 is 0.958 bits per heavy atom. The normalized spacial score (nSPS) is 11.8. The van der Waals surface area contributed by atoms with Crippen LogP contribution >= 0.6 is 0 Å². The van der Waals surface area contributed by atoms with Crippen LogP contribution in [0.25, 0.3) is 21.9 Å². The van der Waals surface area contributed by atoms with Crippen LogP contribution in [0.3, 0.4) is 0 Å². The lowest BCUT2D eigenvalue weighted by atomic mass is 10.2. The number of aromatic nitrogens is 3. The first-order valence-electron chi connectivity index (χ1n) is 7.03. The Bertz CT molecular complexity index is 1220. The maximum absolute atomic E-state index is 12.5. The molecule has 0 atom stereocenters. The summed E-state index contributed by atoms with van der Waals surface area (Å²) >= 11 is 0. The van der Waals surface area contributed by atoms with Gasteiger partial charge in [-0.25, -0.2) is 4.79 Å². The zero-order valence-corrected chi connectivity index (χ0v) is 13.0. The maximum atomic E-state index is 12.5. The standard InChI is InChI=1S/C16H11N3O4S/c20-16-18-12-7-6-11(9-13(12)19-16)24(21,22)23-14-5-1-3-10-4-2-8-17-15(10)14/h1-9H,(H2,18,19,20). The fourth-order valence-electron chi connectivity index (χ4n) is 2.48. The van der Waals surface area contributed by atoms with Crippen molar-refractivity contribution in [2.45, 2.75) is 4.90 Å². The minimum absolute atomic E-state index is 0.0572. The number of hydrogen-bond donors (Lipinski definition) is 2. The quantitative estimate of drug-likeness (QED) is 0.556. The molecule has 0 spiro atoms. The number of benzene rings is 2. The summed E-state index contributed by atoms with van der Waals surface area (Å²) in [5.41, 5.74) is 0.963. The fraction of sp³-hybridized carbons (Fsp3) is 0. The van der Waals surface area contributed by atoms with Gasteiger partial charge in [0.05, 0.1) is 11.0 Å². The van der Waals surface area contributed by atoms with Crippen molar-refractivity contribution in [3.63, 3.8) is 0 Å². The van der Waals surface area contributed by atoms with Gasteiger partial charge in [0.1, 0.15) is 10.4 Å². The number of imidazole rings is 1. The number of H-pyrrole nitrogens is 2. The third-order valence-electron chi connectivity index (χ3n) is 3.57. The van der Waals surface area contributed by atoms with E-state index in [1.807, 2.05) is 12.1 Å². The fourth-order valence-corrected chi connectivity index (χ4v) is 3.44. The summed E-state index contributed by atoms with van der Waals surface area (Å²) in [4.78, 5) is 20.5. The molecule has 120 valence electrons. The summed E-state index contributed by atoms with van der Waals surface area (Å²) in [6, 6.07) is 12.9. The molecule has 0 unspecified atom stereocenters. The van der Waals surface area contributed by atoms with Gasteiger partial charge in [0, 0.05) is 11.6 Å². The van der Waals surface area contributed by atoms with Crippen LogP contribution in [-0.2, 0) is 10.1 Å². The number of pyridine rings is 1. The zero-order valence-electron chi connectivity index (χ0n) is 12.2. The predicted octanol–water partition coefficient (Wildman–Crippen LogP) is 2.17. The molecule has 0 saturated heterocycles. The number of para-hydroxylation sites is 1. The van der Waals surface area contributed by atoms with E-state index in [9.17, 15) is 13.2 Å². The van der Waals surface area contributed by atoms with Gasteiger partial charge < -0.3 is 14.2 Å². The van der Waals surface area contributed by atoms with Crippen LogP contribution in [0.2, 0.25) is 0 Å². The minimum atomic E-state index is -4.06. The summed E-state index contributed by atoms with van der Waals surface area (Å²) in [5, 5.41) is 0.774. The first-order chi connectivity index (χ1) is 11.5. The monoisotopic (exact) mass is 341 g/mol. The van der Waals surface area contributed by atoms with Gasteiger partial charge in [-0.2, -0.15) is 8.42 Å². The van der Waals surface area contributed by atoms with Gasteiger partial charge in [-0.3, -0.25) is 4.98 Å². The van der Waals surface area contributed by atoms with Gasteiger partial charge in [-0.05, 0) is 30.3 Å². The van der Waals surface area contributed by atoms with Crippen molar-refractivity contribution in [1.29, 1.82) is 0 Å². The SMILES string of the molecule is O=c1[nH]c2ccc(S(=O)(=O)Oc3cccc4cccnc34)cc2[nH]1. The number of aromatic amines is 2. The Morgan fingerprint density at radius 3 is 2.62 bits per heavy atom. The first kappa shape index (κ1) is 14.5. The van der Waals surface area contributed by atoms with Gasteiger partial charge in [0.25, 0.3) is 0 Å². The van der Waals surface area contributed by atoms with Gasteiger partial charge in [0.2, 0.25) is 0 Å². The van der Waals surface area contributed by atoms with Gasteiger partial charge >= 0.3 is 15.8 Å². The van der Waals surface area contributed by atoms with E-state index >= 15 is 0 Å². The van der Waals surface area contributed by atoms with E-state index in [4.69, 9.17) is 4.18 Å². The highest BCUT2D eigenvalue weighted by Gasteiger charge is 2.19. The molecule has 4 rings (SSSR count). The lowest BCUT2D eigenvalue weighted by Gasteiger charge is -2.09. The lowest BCUT2D eigenvalue weighted by molar-refractivity contribution is 0.488. The molecule has 2 N–H and O–H groups in total. The predicted molar refractivity (Wildman–Crippen MR) is 88.5 cm³/mol. The van der Waals surface area contributed by atoms with Crippen molar-refractivity contribution < 1.29 is 12.6 Å². The summed E-state index contributed by atoms with van der Waals surface area (Å²) < 4.78 is 30.4. The van der Waals surface area contributed by atoms with E-state index in [-0.39, 0.29) is 10.6 Å². The van der Waals surface area contributed by atoms with Crippen LogP contribution in [0.15, 0.2) is 64.4 Å². The first-order valence-corrected chi connectivity index (χ1v) is 8.44. The second kappa shape index (κ2) is 5.20. The van der Waals surface area contributed by atoms with E-state index < -0.39 is 15.8 Å². The zero-order chi connectivity index (χ0) is 16.7. The van der Waals surface area contributed by atoms with Crippen LogP contribution < -0.4 is 9.87 Å². The van der Waals surface area contributed by atoms with Gasteiger partial charge in [-0.1, -0.05) is 18.2 Å². The van der Waals surface area contributed by atoms with Crippen molar-refractivity contribution >= 4 is 32.1 Å². The van der Waals surface area contributed by atoms with Crippen LogP contribution in [0.4, 0.5) is 0 Å². The van der Waals surface area contributed by atoms with E-state index in [2.05, 4.69) is 15.0 Å². The van der Waals surface area contributed by atoms with E-state index in [0.29, 0.717) is 16.6 Å². The largest absolute Gasteiger partial charge is 0.377 e. The molecular weight excluding hydrogens is 330 g/mol. The average Bonchev–Trinajstić information content (AvgIpc) is 2.94. The van der Waals surface area contributed by atoms with Crippen LogP contribution in [-0.4, -0.2) is 23.4 Å². The Kier molecular flexibility index (Phi) is 3.14. The molecule has 4 aromatic rings. The molecule has 0 bridgehead atoms. The van der Waals surface area contributed by atoms with Crippen molar-refractivity contribution in [3.8, 4) is 5.75 Å². The molecule has 2 heterocycles. The molecule has 0 radical (unpaired) electrons. The number of nitrogens with one attached hydrogen (secondary N) is 2. The molecule has 0 saturated carbocycles. The van der Waals surface area contributed by atoms with Crippen molar-refractivity contribution in [2.75, 3.05) is 0 Å². The number of fused-ring (bicyclic) bond motifs is 2. The molecule has 0 aliphatic rings. The number of hydrogen-bond acceptors (Lipinski definition) is 5. The number of nitrogens with zero attached hydrogens (tertiary/aromatic N) is 1. The maximum Gasteiger partial charge on any atom is 0.339 e.